The number of carbonyl (C=O) groups excluding carboxylic acids is 1. The minimum atomic E-state index is -4.85. The molecule has 5 nitrogen and oxygen atoms in total. The monoisotopic (exact) mass is 451 g/mol. The van der Waals surface area contributed by atoms with E-state index in [4.69, 9.17) is 4.74 Å². The second kappa shape index (κ2) is 10.4. The summed E-state index contributed by atoms with van der Waals surface area (Å²) in [5.41, 5.74) is -0.643. The molecular formula is C20H19F6NO4. The van der Waals surface area contributed by atoms with Gasteiger partial charge in [-0.05, 0) is 42.3 Å². The lowest BCUT2D eigenvalue weighted by Crippen LogP contribution is -2.35. The summed E-state index contributed by atoms with van der Waals surface area (Å²) in [4.78, 5) is 11.9. The van der Waals surface area contributed by atoms with Crippen molar-refractivity contribution in [1.82, 2.24) is 5.32 Å². The molecule has 2 aromatic carbocycles. The molecule has 0 bridgehead atoms. The third-order valence-corrected chi connectivity index (χ3v) is 3.98. The van der Waals surface area contributed by atoms with Crippen LogP contribution in [0.15, 0.2) is 48.5 Å². The fourth-order valence-electron chi connectivity index (χ4n) is 2.49. The van der Waals surface area contributed by atoms with Gasteiger partial charge >= 0.3 is 12.5 Å². The first kappa shape index (κ1) is 24.3. The highest BCUT2D eigenvalue weighted by Crippen LogP contribution is 2.30. The molecule has 2 N–H and O–H groups in total. The van der Waals surface area contributed by atoms with Crippen LogP contribution >= 0.6 is 0 Å². The first-order valence-electron chi connectivity index (χ1n) is 9.02. The molecule has 0 aliphatic rings. The fraction of sp³-hybridized carbons (Fsp3) is 0.350. The number of benzene rings is 2. The predicted octanol–water partition coefficient (Wildman–Crippen LogP) is 4.09. The Labute approximate surface area is 173 Å². The molecule has 2 aromatic rings. The van der Waals surface area contributed by atoms with E-state index in [0.717, 1.165) is 30.3 Å². The molecule has 0 aliphatic heterocycles. The van der Waals surface area contributed by atoms with Crippen LogP contribution in [-0.4, -0.2) is 36.6 Å². The van der Waals surface area contributed by atoms with Crippen molar-refractivity contribution in [3.63, 3.8) is 0 Å². The van der Waals surface area contributed by atoms with E-state index >= 15 is 0 Å². The maximum Gasteiger partial charge on any atom is 0.573 e. The zero-order valence-corrected chi connectivity index (χ0v) is 16.0. The van der Waals surface area contributed by atoms with Crippen molar-refractivity contribution in [3.05, 3.63) is 59.7 Å². The topological polar surface area (TPSA) is 67.8 Å². The maximum atomic E-state index is 12.5. The maximum absolute atomic E-state index is 12.5. The van der Waals surface area contributed by atoms with E-state index in [-0.39, 0.29) is 37.3 Å². The number of alkyl halides is 6. The lowest BCUT2D eigenvalue weighted by atomic mass is 10.1. The Morgan fingerprint density at radius 3 is 2.26 bits per heavy atom. The summed E-state index contributed by atoms with van der Waals surface area (Å²) in [6.45, 7) is -0.492. The van der Waals surface area contributed by atoms with Gasteiger partial charge in [0.2, 0.25) is 5.91 Å². The third-order valence-electron chi connectivity index (χ3n) is 3.98. The lowest BCUT2D eigenvalue weighted by Gasteiger charge is -2.15. The number of carbonyl (C=O) groups is 1. The molecule has 0 saturated carbocycles. The van der Waals surface area contributed by atoms with Crippen LogP contribution in [0, 0.1) is 0 Å². The second-order valence-electron chi connectivity index (χ2n) is 6.45. The Hall–Kier alpha value is -2.95. The Kier molecular flexibility index (Phi) is 8.14. The standard InChI is InChI=1S/C20H19F6NO4/c21-19(22,23)14-6-8-16(9-7-14)30-12-15(28)11-27-18(29)10-5-13-3-1-2-4-17(13)31-20(24,25)26/h1-4,6-9,15,28H,5,10-12H2,(H,27,29). The number of hydrogen-bond donors (Lipinski definition) is 2. The number of ether oxygens (including phenoxy) is 2. The number of rotatable bonds is 9. The number of aryl methyl sites for hydroxylation is 1. The van der Waals surface area contributed by atoms with Crippen molar-refractivity contribution in [3.8, 4) is 11.5 Å². The highest BCUT2D eigenvalue weighted by molar-refractivity contribution is 5.76. The molecular weight excluding hydrogens is 432 g/mol. The van der Waals surface area contributed by atoms with Gasteiger partial charge in [0.25, 0.3) is 0 Å². The van der Waals surface area contributed by atoms with Crippen LogP contribution in [0.5, 0.6) is 11.5 Å². The third kappa shape index (κ3) is 8.75. The van der Waals surface area contributed by atoms with Gasteiger partial charge in [-0.25, -0.2) is 0 Å². The van der Waals surface area contributed by atoms with Crippen LogP contribution in [-0.2, 0) is 17.4 Å². The van der Waals surface area contributed by atoms with Crippen LogP contribution in [0.25, 0.3) is 0 Å². The number of halogens is 6. The molecule has 1 amide bonds. The van der Waals surface area contributed by atoms with Crippen molar-refractivity contribution < 1.29 is 45.7 Å². The normalized spacial score (nSPS) is 12.9. The molecule has 0 spiro atoms. The van der Waals surface area contributed by atoms with Crippen molar-refractivity contribution in [2.75, 3.05) is 13.2 Å². The predicted molar refractivity (Wildman–Crippen MR) is 97.4 cm³/mol. The molecule has 0 heterocycles. The minimum absolute atomic E-state index is 0.0176. The van der Waals surface area contributed by atoms with E-state index in [1.807, 2.05) is 0 Å². The fourth-order valence-corrected chi connectivity index (χ4v) is 2.49. The van der Waals surface area contributed by atoms with E-state index in [1.165, 1.54) is 18.2 Å². The summed E-state index contributed by atoms with van der Waals surface area (Å²) in [5.74, 6) is -0.803. The highest BCUT2D eigenvalue weighted by atomic mass is 19.4. The first-order valence-corrected chi connectivity index (χ1v) is 9.02. The smallest absolute Gasteiger partial charge is 0.491 e. The van der Waals surface area contributed by atoms with Gasteiger partial charge in [-0.1, -0.05) is 18.2 Å². The molecule has 2 rings (SSSR count). The molecule has 11 heteroatoms. The van der Waals surface area contributed by atoms with Crippen molar-refractivity contribution in [1.29, 1.82) is 0 Å². The molecule has 0 fully saturated rings. The molecule has 1 atom stereocenters. The summed E-state index contributed by atoms with van der Waals surface area (Å²) in [5, 5.41) is 12.2. The number of hydrogen-bond acceptors (Lipinski definition) is 4. The van der Waals surface area contributed by atoms with Crippen LogP contribution < -0.4 is 14.8 Å². The number of amides is 1. The van der Waals surface area contributed by atoms with Crippen LogP contribution in [0.2, 0.25) is 0 Å². The summed E-state index contributed by atoms with van der Waals surface area (Å²) >= 11 is 0. The van der Waals surface area contributed by atoms with E-state index in [0.29, 0.717) is 0 Å². The quantitative estimate of drug-likeness (QED) is 0.564. The summed E-state index contributed by atoms with van der Waals surface area (Å²) in [7, 11) is 0. The number of aliphatic hydroxyl groups is 1. The number of nitrogens with one attached hydrogen (secondary N) is 1. The Morgan fingerprint density at radius 1 is 1.00 bits per heavy atom. The highest BCUT2D eigenvalue weighted by Gasteiger charge is 2.32. The van der Waals surface area contributed by atoms with Crippen molar-refractivity contribution >= 4 is 5.91 Å². The Morgan fingerprint density at radius 2 is 1.65 bits per heavy atom. The second-order valence-corrected chi connectivity index (χ2v) is 6.45. The van der Waals surface area contributed by atoms with Gasteiger partial charge in [-0.15, -0.1) is 13.2 Å². The average Bonchev–Trinajstić information content (AvgIpc) is 2.68. The number of para-hydroxylation sites is 1. The van der Waals surface area contributed by atoms with Crippen molar-refractivity contribution in [2.24, 2.45) is 0 Å². The Bertz CT molecular complexity index is 852. The largest absolute Gasteiger partial charge is 0.573 e. The van der Waals surface area contributed by atoms with Gasteiger partial charge in [-0.2, -0.15) is 13.2 Å². The zero-order valence-electron chi connectivity index (χ0n) is 16.0. The lowest BCUT2D eigenvalue weighted by molar-refractivity contribution is -0.274. The summed E-state index contributed by atoms with van der Waals surface area (Å²) in [6, 6.07) is 9.32. The van der Waals surface area contributed by atoms with E-state index < -0.39 is 35.9 Å². The first-order chi connectivity index (χ1) is 14.4. The van der Waals surface area contributed by atoms with Gasteiger partial charge < -0.3 is 19.9 Å². The number of aliphatic hydroxyl groups excluding tert-OH is 1. The van der Waals surface area contributed by atoms with E-state index in [9.17, 15) is 36.2 Å². The van der Waals surface area contributed by atoms with Crippen LogP contribution in [0.1, 0.15) is 17.5 Å². The van der Waals surface area contributed by atoms with Crippen LogP contribution in [0.4, 0.5) is 26.3 Å². The van der Waals surface area contributed by atoms with Gasteiger partial charge in [0.15, 0.2) is 0 Å². The molecule has 1 unspecified atom stereocenters. The zero-order chi connectivity index (χ0) is 23.1. The average molecular weight is 451 g/mol. The molecule has 0 saturated heterocycles. The van der Waals surface area contributed by atoms with Gasteiger partial charge in [0, 0.05) is 13.0 Å². The molecule has 0 aliphatic carbocycles. The molecule has 0 aromatic heterocycles. The van der Waals surface area contributed by atoms with Gasteiger partial charge in [-0.3, -0.25) is 4.79 Å². The molecule has 0 radical (unpaired) electrons. The summed E-state index contributed by atoms with van der Waals surface area (Å²) < 4.78 is 83.8. The van der Waals surface area contributed by atoms with E-state index in [1.54, 1.807) is 0 Å². The molecule has 31 heavy (non-hydrogen) atoms. The van der Waals surface area contributed by atoms with Crippen LogP contribution in [0.3, 0.4) is 0 Å². The SMILES string of the molecule is O=C(CCc1ccccc1OC(F)(F)F)NCC(O)COc1ccc(C(F)(F)F)cc1. The van der Waals surface area contributed by atoms with E-state index in [2.05, 4.69) is 10.1 Å². The van der Waals surface area contributed by atoms with Gasteiger partial charge in [0.1, 0.15) is 24.2 Å². The molecule has 170 valence electrons. The Balaban J connectivity index is 1.74. The van der Waals surface area contributed by atoms with Gasteiger partial charge in [0.05, 0.1) is 5.56 Å². The van der Waals surface area contributed by atoms with Crippen molar-refractivity contribution in [2.45, 2.75) is 31.5 Å². The summed E-state index contributed by atoms with van der Waals surface area (Å²) in [6.07, 6.45) is -10.6. The minimum Gasteiger partial charge on any atom is -0.491 e.